The fraction of sp³-hybridized carbons (Fsp3) is 0.211. The maximum absolute atomic E-state index is 12.3. The number of hydrogen-bond acceptors (Lipinski definition) is 4. The number of benzene rings is 2. The first-order valence-corrected chi connectivity index (χ1v) is 8.53. The third-order valence-corrected chi connectivity index (χ3v) is 4.00. The van der Waals surface area contributed by atoms with Crippen LogP contribution >= 0.6 is 11.6 Å². The maximum atomic E-state index is 12.3. The smallest absolute Gasteiger partial charge is 0.291 e. The highest BCUT2D eigenvalue weighted by Crippen LogP contribution is 2.24. The van der Waals surface area contributed by atoms with Gasteiger partial charge in [0.1, 0.15) is 0 Å². The molecule has 0 saturated carbocycles. The van der Waals surface area contributed by atoms with E-state index in [1.807, 2.05) is 43.3 Å². The van der Waals surface area contributed by atoms with Gasteiger partial charge in [0, 0.05) is 24.2 Å². The number of hydrogen-bond donors (Lipinski definition) is 1. The average molecular weight is 371 g/mol. The molecule has 3 aromatic rings. The van der Waals surface area contributed by atoms with Gasteiger partial charge in [-0.25, -0.2) is 9.67 Å². The molecule has 0 atom stereocenters. The molecule has 26 heavy (non-hydrogen) atoms. The molecule has 1 heterocycles. The summed E-state index contributed by atoms with van der Waals surface area (Å²) < 4.78 is 6.59. The summed E-state index contributed by atoms with van der Waals surface area (Å²) in [6, 6.07) is 15.1. The molecule has 0 aliphatic carbocycles. The number of ether oxygens (including phenoxy) is 1. The predicted octanol–water partition coefficient (Wildman–Crippen LogP) is 3.27. The summed E-state index contributed by atoms with van der Waals surface area (Å²) in [6.45, 7) is 2.82. The SMILES string of the molecule is COCCNC(=O)c1nc(-c2cccc(Cl)c2)n(-c2ccc(C)cc2)n1. The van der Waals surface area contributed by atoms with Gasteiger partial charge in [-0.05, 0) is 31.2 Å². The van der Waals surface area contributed by atoms with Crippen molar-refractivity contribution >= 4 is 17.5 Å². The number of halogens is 1. The first kappa shape index (κ1) is 18.1. The third kappa shape index (κ3) is 4.09. The standard InChI is InChI=1S/C19H19ClN4O2/c1-13-6-8-16(9-7-13)24-18(14-4-3-5-15(20)12-14)22-17(23-24)19(25)21-10-11-26-2/h3-9,12H,10-11H2,1-2H3,(H,21,25). The Morgan fingerprint density at radius 3 is 2.69 bits per heavy atom. The molecule has 6 nitrogen and oxygen atoms in total. The van der Waals surface area contributed by atoms with Crippen molar-refractivity contribution in [2.45, 2.75) is 6.92 Å². The molecule has 0 aliphatic heterocycles. The zero-order valence-electron chi connectivity index (χ0n) is 14.6. The Morgan fingerprint density at radius 1 is 1.23 bits per heavy atom. The molecular weight excluding hydrogens is 352 g/mol. The topological polar surface area (TPSA) is 69.0 Å². The van der Waals surface area contributed by atoms with Crippen molar-refractivity contribution in [3.63, 3.8) is 0 Å². The van der Waals surface area contributed by atoms with E-state index in [9.17, 15) is 4.79 Å². The summed E-state index contributed by atoms with van der Waals surface area (Å²) in [7, 11) is 1.58. The molecule has 0 aliphatic rings. The number of nitrogens with one attached hydrogen (secondary N) is 1. The van der Waals surface area contributed by atoms with Crippen molar-refractivity contribution in [3.8, 4) is 17.1 Å². The first-order chi connectivity index (χ1) is 12.6. The molecule has 0 bridgehead atoms. The number of carbonyl (C=O) groups excluding carboxylic acids is 1. The fourth-order valence-electron chi connectivity index (χ4n) is 2.43. The molecule has 3 rings (SSSR count). The Morgan fingerprint density at radius 2 is 2.00 bits per heavy atom. The Balaban J connectivity index is 2.03. The van der Waals surface area contributed by atoms with Crippen LogP contribution < -0.4 is 5.32 Å². The Labute approximate surface area is 156 Å². The van der Waals surface area contributed by atoms with Gasteiger partial charge in [0.2, 0.25) is 5.82 Å². The predicted molar refractivity (Wildman–Crippen MR) is 101 cm³/mol. The quantitative estimate of drug-likeness (QED) is 0.676. The van der Waals surface area contributed by atoms with Gasteiger partial charge in [0.25, 0.3) is 5.91 Å². The average Bonchev–Trinajstić information content (AvgIpc) is 3.08. The molecule has 134 valence electrons. The molecule has 1 N–H and O–H groups in total. The van der Waals surface area contributed by atoms with E-state index < -0.39 is 0 Å². The van der Waals surface area contributed by atoms with Crippen molar-refractivity contribution in [2.24, 2.45) is 0 Å². The van der Waals surface area contributed by atoms with Crippen LogP contribution in [0.3, 0.4) is 0 Å². The van der Waals surface area contributed by atoms with Crippen LogP contribution in [0.15, 0.2) is 48.5 Å². The van der Waals surface area contributed by atoms with E-state index in [0.717, 1.165) is 16.8 Å². The minimum atomic E-state index is -0.351. The molecule has 7 heteroatoms. The second-order valence-corrected chi connectivity index (χ2v) is 6.20. The van der Waals surface area contributed by atoms with Crippen molar-refractivity contribution in [1.29, 1.82) is 0 Å². The van der Waals surface area contributed by atoms with Gasteiger partial charge >= 0.3 is 0 Å². The number of methoxy groups -OCH3 is 1. The minimum absolute atomic E-state index is 0.0941. The Bertz CT molecular complexity index is 906. The van der Waals surface area contributed by atoms with E-state index in [0.29, 0.717) is 24.0 Å². The van der Waals surface area contributed by atoms with Crippen LogP contribution in [-0.4, -0.2) is 40.9 Å². The Hall–Kier alpha value is -2.70. The molecule has 2 aromatic carbocycles. The Kier molecular flexibility index (Phi) is 5.65. The van der Waals surface area contributed by atoms with Crippen molar-refractivity contribution < 1.29 is 9.53 Å². The minimum Gasteiger partial charge on any atom is -0.383 e. The van der Waals surface area contributed by atoms with E-state index in [2.05, 4.69) is 15.4 Å². The van der Waals surface area contributed by atoms with Gasteiger partial charge in [-0.3, -0.25) is 4.79 Å². The lowest BCUT2D eigenvalue weighted by atomic mass is 10.2. The van der Waals surface area contributed by atoms with E-state index in [1.165, 1.54) is 0 Å². The van der Waals surface area contributed by atoms with Crippen molar-refractivity contribution in [3.05, 3.63) is 64.9 Å². The summed E-state index contributed by atoms with van der Waals surface area (Å²) in [6.07, 6.45) is 0. The second kappa shape index (κ2) is 8.12. The molecule has 0 saturated heterocycles. The van der Waals surface area contributed by atoms with Crippen molar-refractivity contribution in [1.82, 2.24) is 20.1 Å². The summed E-state index contributed by atoms with van der Waals surface area (Å²) in [4.78, 5) is 16.8. The van der Waals surface area contributed by atoms with Crippen LogP contribution in [0.2, 0.25) is 5.02 Å². The molecule has 0 unspecified atom stereocenters. The number of nitrogens with zero attached hydrogens (tertiary/aromatic N) is 3. The molecular formula is C19H19ClN4O2. The van der Waals surface area contributed by atoms with Gasteiger partial charge in [-0.15, -0.1) is 5.10 Å². The van der Waals surface area contributed by atoms with E-state index in [4.69, 9.17) is 16.3 Å². The number of rotatable bonds is 6. The number of carbonyl (C=O) groups is 1. The van der Waals surface area contributed by atoms with Gasteiger partial charge in [-0.2, -0.15) is 0 Å². The van der Waals surface area contributed by atoms with Gasteiger partial charge < -0.3 is 10.1 Å². The van der Waals surface area contributed by atoms with Crippen LogP contribution in [0.5, 0.6) is 0 Å². The molecule has 0 spiro atoms. The first-order valence-electron chi connectivity index (χ1n) is 8.15. The lowest BCUT2D eigenvalue weighted by Crippen LogP contribution is -2.28. The fourth-order valence-corrected chi connectivity index (χ4v) is 2.62. The number of aromatic nitrogens is 3. The van der Waals surface area contributed by atoms with Crippen LogP contribution in [0.4, 0.5) is 0 Å². The molecule has 1 amide bonds. The maximum Gasteiger partial charge on any atom is 0.291 e. The van der Waals surface area contributed by atoms with Gasteiger partial charge in [0.15, 0.2) is 5.82 Å². The monoisotopic (exact) mass is 370 g/mol. The number of amides is 1. The summed E-state index contributed by atoms with van der Waals surface area (Å²) in [5, 5.41) is 7.73. The van der Waals surface area contributed by atoms with Crippen LogP contribution in [-0.2, 0) is 4.74 Å². The summed E-state index contributed by atoms with van der Waals surface area (Å²) >= 11 is 6.12. The zero-order valence-corrected chi connectivity index (χ0v) is 15.3. The summed E-state index contributed by atoms with van der Waals surface area (Å²) in [5.74, 6) is 0.293. The molecule has 0 radical (unpaired) electrons. The van der Waals surface area contributed by atoms with Crippen LogP contribution in [0.1, 0.15) is 16.2 Å². The zero-order chi connectivity index (χ0) is 18.5. The summed E-state index contributed by atoms with van der Waals surface area (Å²) in [5.41, 5.74) is 2.73. The molecule has 0 fully saturated rings. The largest absolute Gasteiger partial charge is 0.383 e. The third-order valence-electron chi connectivity index (χ3n) is 3.76. The second-order valence-electron chi connectivity index (χ2n) is 5.77. The van der Waals surface area contributed by atoms with Crippen LogP contribution in [0, 0.1) is 6.92 Å². The van der Waals surface area contributed by atoms with E-state index in [1.54, 1.807) is 23.9 Å². The normalized spacial score (nSPS) is 10.7. The lowest BCUT2D eigenvalue weighted by molar-refractivity contribution is 0.0927. The highest BCUT2D eigenvalue weighted by Gasteiger charge is 2.18. The van der Waals surface area contributed by atoms with E-state index >= 15 is 0 Å². The highest BCUT2D eigenvalue weighted by molar-refractivity contribution is 6.30. The van der Waals surface area contributed by atoms with Gasteiger partial charge in [-0.1, -0.05) is 41.4 Å². The van der Waals surface area contributed by atoms with Gasteiger partial charge in [0.05, 0.1) is 12.3 Å². The van der Waals surface area contributed by atoms with E-state index in [-0.39, 0.29) is 11.7 Å². The highest BCUT2D eigenvalue weighted by atomic mass is 35.5. The number of aryl methyl sites for hydroxylation is 1. The van der Waals surface area contributed by atoms with Crippen molar-refractivity contribution in [2.75, 3.05) is 20.3 Å². The van der Waals surface area contributed by atoms with Crippen LogP contribution in [0.25, 0.3) is 17.1 Å². The lowest BCUT2D eigenvalue weighted by Gasteiger charge is -2.06. The molecule has 1 aromatic heterocycles.